The maximum atomic E-state index is 13.6. The first-order valence-electron chi connectivity index (χ1n) is 9.52. The van der Waals surface area contributed by atoms with E-state index in [-0.39, 0.29) is 29.2 Å². The quantitative estimate of drug-likeness (QED) is 0.214. The Balaban J connectivity index is 2.33. The minimum absolute atomic E-state index is 0.0818. The molecule has 0 radical (unpaired) electrons. The summed E-state index contributed by atoms with van der Waals surface area (Å²) in [6.45, 7) is 7.23. The van der Waals surface area contributed by atoms with Crippen molar-refractivity contribution in [2.24, 2.45) is 11.3 Å². The van der Waals surface area contributed by atoms with E-state index in [1.807, 2.05) is 0 Å². The number of hydrogen-bond donors (Lipinski definition) is 0. The smallest absolute Gasteiger partial charge is 0.333 e. The minimum atomic E-state index is -1.76. The van der Waals surface area contributed by atoms with Crippen LogP contribution in [0.5, 0.6) is 0 Å². The Labute approximate surface area is 183 Å². The Morgan fingerprint density at radius 3 is 2.39 bits per heavy atom. The molecule has 10 nitrogen and oxygen atoms in total. The van der Waals surface area contributed by atoms with Gasteiger partial charge < -0.3 is 14.2 Å². The lowest BCUT2D eigenvalue weighted by atomic mass is 9.82. The Bertz CT molecular complexity index is 1040. The molecule has 2 atom stereocenters. The summed E-state index contributed by atoms with van der Waals surface area (Å²) in [5.41, 5.74) is -2.83. The van der Waals surface area contributed by atoms with Crippen molar-refractivity contribution in [3.8, 4) is 0 Å². The Morgan fingerprint density at radius 2 is 1.84 bits per heavy atom. The molecule has 0 N–H and O–H groups in total. The monoisotopic (exact) mass is 450 g/mol. The third-order valence-electron chi connectivity index (χ3n) is 5.60. The van der Waals surface area contributed by atoms with Gasteiger partial charge in [-0.1, -0.05) is 17.7 Å². The lowest BCUT2D eigenvalue weighted by Gasteiger charge is -2.34. The van der Waals surface area contributed by atoms with E-state index >= 15 is 0 Å². The van der Waals surface area contributed by atoms with Gasteiger partial charge >= 0.3 is 17.9 Å². The van der Waals surface area contributed by atoms with Gasteiger partial charge in [0.2, 0.25) is 0 Å². The van der Waals surface area contributed by atoms with E-state index in [9.17, 15) is 14.4 Å². The van der Waals surface area contributed by atoms with E-state index in [1.54, 1.807) is 13.8 Å². The molecule has 2 heterocycles. The van der Waals surface area contributed by atoms with Crippen LogP contribution in [0.1, 0.15) is 26.7 Å². The molecule has 0 saturated heterocycles. The van der Waals surface area contributed by atoms with Gasteiger partial charge in [-0.25, -0.2) is 19.7 Å². The fourth-order valence-electron chi connectivity index (χ4n) is 4.27. The van der Waals surface area contributed by atoms with Crippen LogP contribution in [0, 0.1) is 11.3 Å². The molecule has 1 fully saturated rings. The molecule has 0 unspecified atom stereocenters. The second-order valence-electron chi connectivity index (χ2n) is 7.62. The van der Waals surface area contributed by atoms with Crippen molar-refractivity contribution in [2.75, 3.05) is 14.2 Å². The molecule has 0 bridgehead atoms. The van der Waals surface area contributed by atoms with Crippen LogP contribution in [0.4, 0.5) is 0 Å². The van der Waals surface area contributed by atoms with E-state index in [4.69, 9.17) is 25.8 Å². The van der Waals surface area contributed by atoms with Crippen LogP contribution < -0.4 is 0 Å². The van der Waals surface area contributed by atoms with Crippen molar-refractivity contribution in [2.45, 2.75) is 38.3 Å². The summed E-state index contributed by atoms with van der Waals surface area (Å²) in [6.07, 6.45) is 3.26. The summed E-state index contributed by atoms with van der Waals surface area (Å²) in [5.74, 6) is -3.02. The van der Waals surface area contributed by atoms with Gasteiger partial charge in [0, 0.05) is 12.3 Å². The van der Waals surface area contributed by atoms with Gasteiger partial charge in [-0.15, -0.1) is 6.58 Å². The van der Waals surface area contributed by atoms with Crippen LogP contribution in [0.15, 0.2) is 25.3 Å². The number of imidazole rings is 1. The van der Waals surface area contributed by atoms with Crippen LogP contribution in [0.3, 0.4) is 0 Å². The standard InChI is InChI=1S/C20H23ClN4O6/c1-6-12-7-19(16(26)29-4,17(27)30-5)8-20(12,18(28)31-11(2)3)25-10-24-13-14(21)22-9-23-15(13)25/h6,9-12H,1,7-8H2,2-5H3/t12-,20-/m1/s1. The molecule has 0 spiro atoms. The first-order chi connectivity index (χ1) is 14.7. The molecule has 11 heteroatoms. The third-order valence-corrected chi connectivity index (χ3v) is 5.88. The van der Waals surface area contributed by atoms with E-state index < -0.39 is 40.9 Å². The summed E-state index contributed by atoms with van der Waals surface area (Å²) >= 11 is 6.15. The Hall–Kier alpha value is -3.01. The highest BCUT2D eigenvalue weighted by Gasteiger charge is 2.67. The zero-order valence-electron chi connectivity index (χ0n) is 17.6. The molecule has 166 valence electrons. The van der Waals surface area contributed by atoms with E-state index in [1.165, 1.54) is 37.5 Å². The maximum absolute atomic E-state index is 13.6. The number of carbonyl (C=O) groups excluding carboxylic acids is 3. The lowest BCUT2D eigenvalue weighted by Crippen LogP contribution is -2.48. The van der Waals surface area contributed by atoms with Crippen molar-refractivity contribution in [3.05, 3.63) is 30.5 Å². The summed E-state index contributed by atoms with van der Waals surface area (Å²) in [5, 5.41) is 0.0940. The highest BCUT2D eigenvalue weighted by molar-refractivity contribution is 6.33. The SMILES string of the molecule is C=C[C@@H]1CC(C(=O)OC)(C(=O)OC)C[C@@]1(C(=O)OC(C)C)n1cnc2c(Cl)ncnc21. The average molecular weight is 451 g/mol. The lowest BCUT2D eigenvalue weighted by molar-refractivity contribution is -0.170. The van der Waals surface area contributed by atoms with Gasteiger partial charge in [0.15, 0.2) is 21.8 Å². The van der Waals surface area contributed by atoms with Gasteiger partial charge in [-0.3, -0.25) is 14.2 Å². The van der Waals surface area contributed by atoms with Crippen LogP contribution in [0.25, 0.3) is 11.2 Å². The van der Waals surface area contributed by atoms with E-state index in [0.717, 1.165) is 0 Å². The number of halogens is 1. The minimum Gasteiger partial charge on any atom is -0.468 e. The summed E-state index contributed by atoms with van der Waals surface area (Å²) in [7, 11) is 2.34. The number of methoxy groups -OCH3 is 2. The van der Waals surface area contributed by atoms with Gasteiger partial charge in [-0.2, -0.15) is 0 Å². The van der Waals surface area contributed by atoms with Gasteiger partial charge in [-0.05, 0) is 20.3 Å². The molecule has 0 aromatic carbocycles. The van der Waals surface area contributed by atoms with Crippen LogP contribution >= 0.6 is 11.6 Å². The number of fused-ring (bicyclic) bond motifs is 1. The first kappa shape index (κ1) is 22.7. The second kappa shape index (κ2) is 8.26. The number of aromatic nitrogens is 4. The molecule has 0 amide bonds. The molecular formula is C20H23ClN4O6. The number of ether oxygens (including phenoxy) is 3. The zero-order chi connectivity index (χ0) is 23.0. The fourth-order valence-corrected chi connectivity index (χ4v) is 4.45. The third kappa shape index (κ3) is 3.34. The maximum Gasteiger partial charge on any atom is 0.333 e. The largest absolute Gasteiger partial charge is 0.468 e. The number of carbonyl (C=O) groups is 3. The molecule has 31 heavy (non-hydrogen) atoms. The molecule has 1 aliphatic carbocycles. The van der Waals surface area contributed by atoms with Crippen LogP contribution in [0.2, 0.25) is 5.15 Å². The highest BCUT2D eigenvalue weighted by atomic mass is 35.5. The van der Waals surface area contributed by atoms with Crippen LogP contribution in [-0.4, -0.2) is 57.8 Å². The van der Waals surface area contributed by atoms with Crippen molar-refractivity contribution in [1.29, 1.82) is 0 Å². The molecule has 0 aliphatic heterocycles. The summed E-state index contributed by atoms with van der Waals surface area (Å²) in [6, 6.07) is 0. The molecule has 2 aromatic heterocycles. The predicted octanol–water partition coefficient (Wildman–Crippen LogP) is 2.05. The Morgan fingerprint density at radius 1 is 1.19 bits per heavy atom. The second-order valence-corrected chi connectivity index (χ2v) is 7.98. The highest BCUT2D eigenvalue weighted by Crippen LogP contribution is 2.55. The normalized spacial score (nSPS) is 22.3. The van der Waals surface area contributed by atoms with Gasteiger partial charge in [0.25, 0.3) is 0 Å². The van der Waals surface area contributed by atoms with Crippen molar-refractivity contribution >= 4 is 40.7 Å². The average Bonchev–Trinajstić information content (AvgIpc) is 3.33. The number of rotatable bonds is 6. The van der Waals surface area contributed by atoms with Gasteiger partial charge in [0.05, 0.1) is 26.7 Å². The number of esters is 3. The molecule has 1 aliphatic rings. The van der Waals surface area contributed by atoms with Gasteiger partial charge in [0.1, 0.15) is 11.8 Å². The number of hydrogen-bond acceptors (Lipinski definition) is 9. The van der Waals surface area contributed by atoms with E-state index in [0.29, 0.717) is 0 Å². The topological polar surface area (TPSA) is 123 Å². The Kier molecular flexibility index (Phi) is 6.04. The first-order valence-corrected chi connectivity index (χ1v) is 9.90. The zero-order valence-corrected chi connectivity index (χ0v) is 18.4. The predicted molar refractivity (Wildman–Crippen MR) is 109 cm³/mol. The van der Waals surface area contributed by atoms with E-state index in [2.05, 4.69) is 21.5 Å². The molecular weight excluding hydrogens is 428 g/mol. The molecule has 2 aromatic rings. The van der Waals surface area contributed by atoms with Crippen molar-refractivity contribution in [3.63, 3.8) is 0 Å². The summed E-state index contributed by atoms with van der Waals surface area (Å²) in [4.78, 5) is 51.6. The van der Waals surface area contributed by atoms with Crippen molar-refractivity contribution in [1.82, 2.24) is 19.5 Å². The number of nitrogens with zero attached hydrogens (tertiary/aromatic N) is 4. The fraction of sp³-hybridized carbons (Fsp3) is 0.500. The van der Waals surface area contributed by atoms with Crippen LogP contribution in [-0.2, 0) is 34.1 Å². The summed E-state index contributed by atoms with van der Waals surface area (Å²) < 4.78 is 16.9. The number of allylic oxidation sites excluding steroid dienone is 1. The van der Waals surface area contributed by atoms with Crippen molar-refractivity contribution < 1.29 is 28.6 Å². The molecule has 3 rings (SSSR count). The molecule has 1 saturated carbocycles.